The van der Waals surface area contributed by atoms with Gasteiger partial charge in [-0.25, -0.2) is 17.6 Å². The van der Waals surface area contributed by atoms with Gasteiger partial charge in [-0.3, -0.25) is 0 Å². The zero-order chi connectivity index (χ0) is 11.6. The van der Waals surface area contributed by atoms with Gasteiger partial charge in [0, 0.05) is 7.05 Å². The molecule has 0 aliphatic carbocycles. The van der Waals surface area contributed by atoms with Crippen LogP contribution >= 0.6 is 0 Å². The second-order valence-corrected chi connectivity index (χ2v) is 3.07. The SMILES string of the molecule is CN(CC(F)F)c1c(N)ccc(F)c1F. The van der Waals surface area contributed by atoms with Gasteiger partial charge in [-0.2, -0.15) is 0 Å². The van der Waals surface area contributed by atoms with E-state index in [1.807, 2.05) is 0 Å². The van der Waals surface area contributed by atoms with E-state index in [0.717, 1.165) is 17.0 Å². The Morgan fingerprint density at radius 2 is 1.93 bits per heavy atom. The highest BCUT2D eigenvalue weighted by Gasteiger charge is 2.18. The van der Waals surface area contributed by atoms with Crippen molar-refractivity contribution in [2.75, 3.05) is 24.2 Å². The molecule has 0 fully saturated rings. The van der Waals surface area contributed by atoms with Crippen LogP contribution in [0.4, 0.5) is 28.9 Å². The lowest BCUT2D eigenvalue weighted by molar-refractivity contribution is 0.156. The molecule has 2 nitrogen and oxygen atoms in total. The van der Waals surface area contributed by atoms with Gasteiger partial charge in [-0.1, -0.05) is 0 Å². The Morgan fingerprint density at radius 1 is 1.33 bits per heavy atom. The van der Waals surface area contributed by atoms with E-state index in [2.05, 4.69) is 0 Å². The second-order valence-electron chi connectivity index (χ2n) is 3.07. The smallest absolute Gasteiger partial charge is 0.255 e. The fourth-order valence-corrected chi connectivity index (χ4v) is 1.24. The third-order valence-electron chi connectivity index (χ3n) is 1.89. The first-order chi connectivity index (χ1) is 6.93. The monoisotopic (exact) mass is 222 g/mol. The van der Waals surface area contributed by atoms with Crippen molar-refractivity contribution in [3.63, 3.8) is 0 Å². The molecule has 0 bridgehead atoms. The predicted molar refractivity (Wildman–Crippen MR) is 50.0 cm³/mol. The molecular formula is C9H10F4N2. The molecule has 0 amide bonds. The van der Waals surface area contributed by atoms with E-state index in [0.29, 0.717) is 0 Å². The first-order valence-corrected chi connectivity index (χ1v) is 4.16. The van der Waals surface area contributed by atoms with Gasteiger partial charge in [0.1, 0.15) is 0 Å². The van der Waals surface area contributed by atoms with Gasteiger partial charge >= 0.3 is 0 Å². The average molecular weight is 222 g/mol. The molecule has 2 N–H and O–H groups in total. The number of benzene rings is 1. The van der Waals surface area contributed by atoms with Crippen LogP contribution in [0.3, 0.4) is 0 Å². The van der Waals surface area contributed by atoms with E-state index in [1.54, 1.807) is 0 Å². The van der Waals surface area contributed by atoms with Crippen LogP contribution in [-0.4, -0.2) is 20.0 Å². The van der Waals surface area contributed by atoms with Crippen molar-refractivity contribution >= 4 is 11.4 Å². The molecule has 84 valence electrons. The molecule has 1 rings (SSSR count). The lowest BCUT2D eigenvalue weighted by atomic mass is 10.2. The molecule has 0 saturated heterocycles. The number of anilines is 2. The zero-order valence-corrected chi connectivity index (χ0v) is 7.98. The third-order valence-corrected chi connectivity index (χ3v) is 1.89. The minimum Gasteiger partial charge on any atom is -0.397 e. The summed E-state index contributed by atoms with van der Waals surface area (Å²) >= 11 is 0. The second kappa shape index (κ2) is 4.37. The molecule has 0 aromatic heterocycles. The summed E-state index contributed by atoms with van der Waals surface area (Å²) in [6.07, 6.45) is -2.64. The lowest BCUT2D eigenvalue weighted by Crippen LogP contribution is -2.26. The first kappa shape index (κ1) is 11.6. The summed E-state index contributed by atoms with van der Waals surface area (Å²) in [5.41, 5.74) is 4.96. The van der Waals surface area contributed by atoms with Crippen LogP contribution in [0.15, 0.2) is 12.1 Å². The number of hydrogen-bond donors (Lipinski definition) is 1. The number of nitrogens with two attached hydrogens (primary N) is 1. The van der Waals surface area contributed by atoms with Crippen molar-refractivity contribution in [1.29, 1.82) is 0 Å². The summed E-state index contributed by atoms with van der Waals surface area (Å²) in [5, 5.41) is 0. The van der Waals surface area contributed by atoms with Crippen molar-refractivity contribution in [1.82, 2.24) is 0 Å². The Kier molecular flexibility index (Phi) is 3.39. The van der Waals surface area contributed by atoms with Crippen LogP contribution in [0.1, 0.15) is 0 Å². The van der Waals surface area contributed by atoms with E-state index in [9.17, 15) is 17.6 Å². The average Bonchev–Trinajstić information content (AvgIpc) is 2.11. The number of rotatable bonds is 3. The van der Waals surface area contributed by atoms with Crippen molar-refractivity contribution in [2.24, 2.45) is 0 Å². The molecule has 15 heavy (non-hydrogen) atoms. The summed E-state index contributed by atoms with van der Waals surface area (Å²) in [6.45, 7) is -0.704. The summed E-state index contributed by atoms with van der Waals surface area (Å²) in [5.74, 6) is -2.32. The largest absolute Gasteiger partial charge is 0.397 e. The van der Waals surface area contributed by atoms with E-state index in [-0.39, 0.29) is 11.4 Å². The van der Waals surface area contributed by atoms with Crippen LogP contribution < -0.4 is 10.6 Å². The summed E-state index contributed by atoms with van der Waals surface area (Å²) in [6, 6.07) is 1.99. The van der Waals surface area contributed by atoms with Gasteiger partial charge in [-0.15, -0.1) is 0 Å². The molecule has 0 radical (unpaired) electrons. The summed E-state index contributed by atoms with van der Waals surface area (Å²) in [4.78, 5) is 0.887. The Morgan fingerprint density at radius 3 is 2.47 bits per heavy atom. The molecule has 0 atom stereocenters. The van der Waals surface area contributed by atoms with Crippen molar-refractivity contribution in [3.05, 3.63) is 23.8 Å². The maximum Gasteiger partial charge on any atom is 0.255 e. The fraction of sp³-hybridized carbons (Fsp3) is 0.333. The summed E-state index contributed by atoms with van der Waals surface area (Å²) in [7, 11) is 1.22. The van der Waals surface area contributed by atoms with Gasteiger partial charge in [-0.05, 0) is 12.1 Å². The van der Waals surface area contributed by atoms with Gasteiger partial charge in [0.2, 0.25) is 0 Å². The van der Waals surface area contributed by atoms with Crippen molar-refractivity contribution < 1.29 is 17.6 Å². The molecule has 0 aliphatic heterocycles. The Balaban J connectivity index is 3.07. The van der Waals surface area contributed by atoms with E-state index in [1.165, 1.54) is 7.05 Å². The quantitative estimate of drug-likeness (QED) is 0.627. The Bertz CT molecular complexity index is 354. The van der Waals surface area contributed by atoms with Gasteiger partial charge < -0.3 is 10.6 Å². The van der Waals surface area contributed by atoms with Crippen LogP contribution in [0, 0.1) is 11.6 Å². The maximum atomic E-state index is 13.2. The fourth-order valence-electron chi connectivity index (χ4n) is 1.24. The van der Waals surface area contributed by atoms with E-state index in [4.69, 9.17) is 5.73 Å². The highest BCUT2D eigenvalue weighted by molar-refractivity contribution is 5.68. The minimum atomic E-state index is -2.64. The topological polar surface area (TPSA) is 29.3 Å². The van der Waals surface area contributed by atoms with Crippen LogP contribution in [-0.2, 0) is 0 Å². The van der Waals surface area contributed by atoms with Crippen LogP contribution in [0.5, 0.6) is 0 Å². The molecular weight excluding hydrogens is 212 g/mol. The molecule has 0 spiro atoms. The van der Waals surface area contributed by atoms with Crippen LogP contribution in [0.25, 0.3) is 0 Å². The molecule has 1 aromatic rings. The molecule has 0 saturated carbocycles. The maximum absolute atomic E-state index is 13.2. The van der Waals surface area contributed by atoms with Gasteiger partial charge in [0.25, 0.3) is 6.43 Å². The number of alkyl halides is 2. The normalized spacial score (nSPS) is 10.8. The van der Waals surface area contributed by atoms with E-state index >= 15 is 0 Å². The molecule has 0 heterocycles. The number of hydrogen-bond acceptors (Lipinski definition) is 2. The molecule has 1 aromatic carbocycles. The highest BCUT2D eigenvalue weighted by Crippen LogP contribution is 2.28. The molecule has 0 aliphatic rings. The van der Waals surface area contributed by atoms with Gasteiger partial charge in [0.05, 0.1) is 17.9 Å². The minimum absolute atomic E-state index is 0.0722. The number of halogens is 4. The number of nitrogen functional groups attached to an aromatic ring is 1. The standard InChI is InChI=1S/C9H10F4N2/c1-15(4-7(11)12)9-6(14)3-2-5(10)8(9)13/h2-3,7H,4,14H2,1H3. The Hall–Kier alpha value is -1.46. The lowest BCUT2D eigenvalue weighted by Gasteiger charge is -2.21. The summed E-state index contributed by atoms with van der Waals surface area (Å²) < 4.78 is 50.1. The van der Waals surface area contributed by atoms with E-state index < -0.39 is 24.6 Å². The first-order valence-electron chi connectivity index (χ1n) is 4.16. The van der Waals surface area contributed by atoms with Crippen molar-refractivity contribution in [3.8, 4) is 0 Å². The third kappa shape index (κ3) is 2.51. The van der Waals surface area contributed by atoms with Gasteiger partial charge in [0.15, 0.2) is 11.6 Å². The number of nitrogens with zero attached hydrogens (tertiary/aromatic N) is 1. The molecule has 0 unspecified atom stereocenters. The van der Waals surface area contributed by atoms with Crippen molar-refractivity contribution in [2.45, 2.75) is 6.43 Å². The Labute approximate surface area is 84.3 Å². The highest BCUT2D eigenvalue weighted by atomic mass is 19.3. The molecule has 6 heteroatoms. The zero-order valence-electron chi connectivity index (χ0n) is 7.98. The predicted octanol–water partition coefficient (Wildman–Crippen LogP) is 2.25. The van der Waals surface area contributed by atoms with Crippen LogP contribution in [0.2, 0.25) is 0 Å².